The lowest BCUT2D eigenvalue weighted by Crippen LogP contribution is -2.25. The van der Waals surface area contributed by atoms with Gasteiger partial charge in [0.25, 0.3) is 5.91 Å². The quantitative estimate of drug-likeness (QED) is 0.406. The molecule has 150 valence electrons. The number of amides is 1. The Morgan fingerprint density at radius 1 is 1.10 bits per heavy atom. The molecule has 2 N–H and O–H groups in total. The van der Waals surface area contributed by atoms with Gasteiger partial charge < -0.3 is 19.5 Å². The molecule has 29 heavy (non-hydrogen) atoms. The molecule has 0 aliphatic rings. The lowest BCUT2D eigenvalue weighted by molar-refractivity contribution is 0.0643. The van der Waals surface area contributed by atoms with Gasteiger partial charge in [0.15, 0.2) is 5.76 Å². The van der Waals surface area contributed by atoms with Crippen LogP contribution in [0.4, 0.5) is 0 Å². The molecule has 0 saturated heterocycles. The Morgan fingerprint density at radius 3 is 2.69 bits per heavy atom. The minimum absolute atomic E-state index is 0.0794. The van der Waals surface area contributed by atoms with Gasteiger partial charge in [-0.3, -0.25) is 4.79 Å². The fourth-order valence-corrected chi connectivity index (χ4v) is 3.58. The zero-order valence-electron chi connectivity index (χ0n) is 16.8. The number of carbonyl (C=O) groups is 1. The summed E-state index contributed by atoms with van der Waals surface area (Å²) < 4.78 is 11.6. The fourth-order valence-electron chi connectivity index (χ4n) is 3.58. The molecule has 2 aromatic heterocycles. The molecule has 1 amide bonds. The van der Waals surface area contributed by atoms with E-state index in [1.807, 2.05) is 56.4 Å². The number of carbonyl (C=O) groups excluding carboxylic acids is 1. The van der Waals surface area contributed by atoms with Crippen LogP contribution in [0.2, 0.25) is 0 Å². The van der Waals surface area contributed by atoms with Crippen molar-refractivity contribution in [3.8, 4) is 0 Å². The second-order valence-corrected chi connectivity index (χ2v) is 7.48. The zero-order chi connectivity index (χ0) is 20.2. The normalized spacial score (nSPS) is 11.6. The minimum Gasteiger partial charge on any atom is -0.451 e. The maximum Gasteiger partial charge on any atom is 0.287 e. The third-order valence-electron chi connectivity index (χ3n) is 5.05. The molecule has 0 aliphatic heterocycles. The predicted octanol–water partition coefficient (Wildman–Crippen LogP) is 5.20. The number of aryl methyl sites for hydroxylation is 1. The highest BCUT2D eigenvalue weighted by atomic mass is 16.5. The first kappa shape index (κ1) is 19.3. The predicted molar refractivity (Wildman–Crippen MR) is 115 cm³/mol. The maximum absolute atomic E-state index is 12.8. The van der Waals surface area contributed by atoms with Crippen molar-refractivity contribution in [3.63, 3.8) is 0 Å². The number of fused-ring (bicyclic) bond motifs is 2. The Labute approximate surface area is 170 Å². The Morgan fingerprint density at radius 2 is 1.86 bits per heavy atom. The van der Waals surface area contributed by atoms with Gasteiger partial charge in [-0.15, -0.1) is 0 Å². The van der Waals surface area contributed by atoms with E-state index in [0.717, 1.165) is 29.3 Å². The fraction of sp³-hybridized carbons (Fsp3) is 0.292. The summed E-state index contributed by atoms with van der Waals surface area (Å²) in [7, 11) is 0. The average molecular weight is 390 g/mol. The molecule has 0 atom stereocenters. The molecule has 0 unspecified atom stereocenters. The first-order chi connectivity index (χ1) is 14.1. The van der Waals surface area contributed by atoms with Crippen LogP contribution in [0.5, 0.6) is 0 Å². The van der Waals surface area contributed by atoms with Crippen molar-refractivity contribution in [1.82, 2.24) is 10.3 Å². The van der Waals surface area contributed by atoms with Crippen molar-refractivity contribution < 1.29 is 13.9 Å². The third kappa shape index (κ3) is 4.20. The van der Waals surface area contributed by atoms with E-state index < -0.39 is 0 Å². The molecule has 0 radical (unpaired) electrons. The van der Waals surface area contributed by atoms with Crippen LogP contribution in [0, 0.1) is 0 Å². The number of aromatic amines is 1. The van der Waals surface area contributed by atoms with E-state index in [-0.39, 0.29) is 12.0 Å². The number of furan rings is 1. The lowest BCUT2D eigenvalue weighted by atomic mass is 10.1. The van der Waals surface area contributed by atoms with Crippen LogP contribution in [0.3, 0.4) is 0 Å². The van der Waals surface area contributed by atoms with Crippen LogP contribution in [0.15, 0.2) is 59.1 Å². The van der Waals surface area contributed by atoms with Gasteiger partial charge in [0.05, 0.1) is 12.7 Å². The van der Waals surface area contributed by atoms with Crippen LogP contribution in [0.1, 0.15) is 41.9 Å². The van der Waals surface area contributed by atoms with Gasteiger partial charge in [-0.1, -0.05) is 36.4 Å². The average Bonchev–Trinajstić information content (AvgIpc) is 3.31. The number of nitrogens with one attached hydrogen (secondary N) is 2. The standard InChI is InChI=1S/C24H26N2O3/c1-16(2)28-15-20-19-10-4-6-12-22(19)29-23(20)24(27)25-13-7-8-17-14-26-21-11-5-3-9-18(17)21/h3-6,9-12,14,16,26H,7-8,13,15H2,1-2H3,(H,25,27). The molecule has 0 bridgehead atoms. The molecule has 5 heteroatoms. The molecule has 0 spiro atoms. The molecule has 2 heterocycles. The van der Waals surface area contributed by atoms with E-state index in [1.54, 1.807) is 0 Å². The largest absolute Gasteiger partial charge is 0.451 e. The summed E-state index contributed by atoms with van der Waals surface area (Å²) in [6.07, 6.45) is 3.88. The molecule has 0 aliphatic carbocycles. The van der Waals surface area contributed by atoms with Gasteiger partial charge in [-0.05, 0) is 44.4 Å². The number of ether oxygens (including phenoxy) is 1. The first-order valence-electron chi connectivity index (χ1n) is 10.1. The van der Waals surface area contributed by atoms with Crippen molar-refractivity contribution >= 4 is 27.8 Å². The Bertz CT molecular complexity index is 1120. The summed E-state index contributed by atoms with van der Waals surface area (Å²) in [6.45, 7) is 4.89. The Kier molecular flexibility index (Phi) is 5.67. The highest BCUT2D eigenvalue weighted by molar-refractivity contribution is 5.99. The Balaban J connectivity index is 1.41. The number of hydrogen-bond donors (Lipinski definition) is 2. The first-order valence-corrected chi connectivity index (χ1v) is 10.1. The van der Waals surface area contributed by atoms with Gasteiger partial charge in [0, 0.05) is 34.6 Å². The third-order valence-corrected chi connectivity index (χ3v) is 5.05. The minimum atomic E-state index is -0.192. The van der Waals surface area contributed by atoms with Gasteiger partial charge >= 0.3 is 0 Å². The molecule has 0 saturated carbocycles. The summed E-state index contributed by atoms with van der Waals surface area (Å²) in [5, 5.41) is 5.17. The number of benzene rings is 2. The smallest absolute Gasteiger partial charge is 0.287 e. The molecule has 4 aromatic rings. The molecular formula is C24H26N2O3. The summed E-state index contributed by atoms with van der Waals surface area (Å²) in [5.41, 5.74) is 3.93. The summed E-state index contributed by atoms with van der Waals surface area (Å²) in [4.78, 5) is 16.1. The number of rotatable bonds is 8. The van der Waals surface area contributed by atoms with E-state index >= 15 is 0 Å². The van der Waals surface area contributed by atoms with Crippen LogP contribution < -0.4 is 5.32 Å². The van der Waals surface area contributed by atoms with Crippen molar-refractivity contribution in [2.75, 3.05) is 6.54 Å². The highest BCUT2D eigenvalue weighted by Gasteiger charge is 2.20. The van der Waals surface area contributed by atoms with Gasteiger partial charge in [0.2, 0.25) is 0 Å². The maximum atomic E-state index is 12.8. The molecule has 0 fully saturated rings. The van der Waals surface area contributed by atoms with Crippen LogP contribution >= 0.6 is 0 Å². The van der Waals surface area contributed by atoms with E-state index in [1.165, 1.54) is 10.9 Å². The van der Waals surface area contributed by atoms with Crippen LogP contribution in [-0.4, -0.2) is 23.5 Å². The summed E-state index contributed by atoms with van der Waals surface area (Å²) in [5.74, 6) is 0.154. The molecule has 2 aromatic carbocycles. The second kappa shape index (κ2) is 8.53. The summed E-state index contributed by atoms with van der Waals surface area (Å²) in [6, 6.07) is 16.0. The van der Waals surface area contributed by atoms with Crippen molar-refractivity contribution in [2.24, 2.45) is 0 Å². The molecule has 5 nitrogen and oxygen atoms in total. The van der Waals surface area contributed by atoms with Gasteiger partial charge in [0.1, 0.15) is 5.58 Å². The van der Waals surface area contributed by atoms with Crippen molar-refractivity contribution in [3.05, 3.63) is 71.6 Å². The van der Waals surface area contributed by atoms with Gasteiger partial charge in [-0.25, -0.2) is 0 Å². The van der Waals surface area contributed by atoms with E-state index in [9.17, 15) is 4.79 Å². The van der Waals surface area contributed by atoms with Crippen LogP contribution in [0.25, 0.3) is 21.9 Å². The summed E-state index contributed by atoms with van der Waals surface area (Å²) >= 11 is 0. The number of hydrogen-bond acceptors (Lipinski definition) is 3. The lowest BCUT2D eigenvalue weighted by Gasteiger charge is -2.08. The topological polar surface area (TPSA) is 67.3 Å². The number of H-pyrrole nitrogens is 1. The van der Waals surface area contributed by atoms with Crippen LogP contribution in [-0.2, 0) is 17.8 Å². The van der Waals surface area contributed by atoms with Gasteiger partial charge in [-0.2, -0.15) is 0 Å². The highest BCUT2D eigenvalue weighted by Crippen LogP contribution is 2.27. The monoisotopic (exact) mass is 390 g/mol. The molecule has 4 rings (SSSR count). The van der Waals surface area contributed by atoms with Crippen molar-refractivity contribution in [2.45, 2.75) is 39.4 Å². The van der Waals surface area contributed by atoms with E-state index in [2.05, 4.69) is 22.4 Å². The van der Waals surface area contributed by atoms with E-state index in [4.69, 9.17) is 9.15 Å². The molecular weight excluding hydrogens is 364 g/mol. The number of para-hydroxylation sites is 2. The van der Waals surface area contributed by atoms with Crippen molar-refractivity contribution in [1.29, 1.82) is 0 Å². The zero-order valence-corrected chi connectivity index (χ0v) is 16.8. The Hall–Kier alpha value is -3.05. The second-order valence-electron chi connectivity index (χ2n) is 7.48. The SMILES string of the molecule is CC(C)OCc1c(C(=O)NCCCc2c[nH]c3ccccc23)oc2ccccc12. The van der Waals surface area contributed by atoms with E-state index in [0.29, 0.717) is 24.5 Å². The number of aromatic nitrogens is 1.